The third kappa shape index (κ3) is 4.27. The molecule has 0 heterocycles. The summed E-state index contributed by atoms with van der Waals surface area (Å²) < 4.78 is 32.8. The van der Waals surface area contributed by atoms with Crippen LogP contribution in [0.1, 0.15) is 33.9 Å². The molecule has 2 rings (SSSR count). The number of sulfonamides is 1. The lowest BCUT2D eigenvalue weighted by molar-refractivity contribution is -0.142. The SMILES string of the molecule is COC(=O)C(NS(=O)(=O)c1ccc(C)cc1)c1c(C)cc(C)cc1C. The van der Waals surface area contributed by atoms with E-state index in [1.54, 1.807) is 12.1 Å². The number of rotatable bonds is 5. The Kier molecular flexibility index (Phi) is 5.65. The number of ether oxygens (including phenoxy) is 1. The van der Waals surface area contributed by atoms with Crippen LogP contribution in [0.4, 0.5) is 0 Å². The van der Waals surface area contributed by atoms with E-state index in [4.69, 9.17) is 4.74 Å². The molecule has 134 valence electrons. The molecule has 25 heavy (non-hydrogen) atoms. The monoisotopic (exact) mass is 361 g/mol. The van der Waals surface area contributed by atoms with Crippen molar-refractivity contribution >= 4 is 16.0 Å². The normalized spacial score (nSPS) is 12.7. The van der Waals surface area contributed by atoms with Gasteiger partial charge in [-0.3, -0.25) is 0 Å². The van der Waals surface area contributed by atoms with Crippen LogP contribution in [-0.4, -0.2) is 21.5 Å². The smallest absolute Gasteiger partial charge is 0.328 e. The molecule has 0 radical (unpaired) electrons. The number of aryl methyl sites for hydroxylation is 4. The Hall–Kier alpha value is -2.18. The lowest BCUT2D eigenvalue weighted by Crippen LogP contribution is -2.35. The molecule has 0 aliphatic heterocycles. The van der Waals surface area contributed by atoms with E-state index >= 15 is 0 Å². The van der Waals surface area contributed by atoms with E-state index in [2.05, 4.69) is 4.72 Å². The zero-order valence-corrected chi connectivity index (χ0v) is 15.9. The minimum Gasteiger partial charge on any atom is -0.468 e. The molecule has 1 N–H and O–H groups in total. The second kappa shape index (κ2) is 7.37. The number of carbonyl (C=O) groups excluding carboxylic acids is 1. The molecular formula is C19H23NO4S. The average Bonchev–Trinajstić information content (AvgIpc) is 2.52. The highest BCUT2D eigenvalue weighted by Gasteiger charge is 2.30. The number of esters is 1. The van der Waals surface area contributed by atoms with E-state index in [0.29, 0.717) is 5.56 Å². The Bertz CT molecular complexity index is 863. The van der Waals surface area contributed by atoms with Crippen LogP contribution in [0.15, 0.2) is 41.3 Å². The van der Waals surface area contributed by atoms with Crippen molar-refractivity contribution in [2.24, 2.45) is 0 Å². The van der Waals surface area contributed by atoms with Crippen LogP contribution in [0, 0.1) is 27.7 Å². The van der Waals surface area contributed by atoms with E-state index < -0.39 is 22.0 Å². The Balaban J connectivity index is 2.50. The van der Waals surface area contributed by atoms with E-state index in [1.165, 1.54) is 19.2 Å². The van der Waals surface area contributed by atoms with E-state index in [0.717, 1.165) is 22.3 Å². The first kappa shape index (κ1) is 19.1. The topological polar surface area (TPSA) is 72.5 Å². The summed E-state index contributed by atoms with van der Waals surface area (Å²) >= 11 is 0. The summed E-state index contributed by atoms with van der Waals surface area (Å²) in [5.74, 6) is -0.647. The van der Waals surface area contributed by atoms with Crippen LogP contribution in [-0.2, 0) is 19.6 Å². The van der Waals surface area contributed by atoms with Gasteiger partial charge in [0.1, 0.15) is 6.04 Å². The highest BCUT2D eigenvalue weighted by Crippen LogP contribution is 2.26. The summed E-state index contributed by atoms with van der Waals surface area (Å²) in [4.78, 5) is 12.4. The zero-order chi connectivity index (χ0) is 18.8. The molecule has 6 heteroatoms. The number of methoxy groups -OCH3 is 1. The molecule has 5 nitrogen and oxygen atoms in total. The van der Waals surface area contributed by atoms with Crippen molar-refractivity contribution in [1.82, 2.24) is 4.72 Å². The van der Waals surface area contributed by atoms with Crippen LogP contribution in [0.5, 0.6) is 0 Å². The first-order valence-corrected chi connectivity index (χ1v) is 9.38. The molecule has 0 aromatic heterocycles. The average molecular weight is 361 g/mol. The Labute approximate surface area is 149 Å². The van der Waals surface area contributed by atoms with Gasteiger partial charge in [-0.1, -0.05) is 35.4 Å². The van der Waals surface area contributed by atoms with Gasteiger partial charge in [-0.05, 0) is 56.5 Å². The van der Waals surface area contributed by atoms with Gasteiger partial charge in [0, 0.05) is 0 Å². The van der Waals surface area contributed by atoms with Crippen LogP contribution >= 0.6 is 0 Å². The summed E-state index contributed by atoms with van der Waals surface area (Å²) in [6.07, 6.45) is 0. The summed E-state index contributed by atoms with van der Waals surface area (Å²) in [5, 5.41) is 0. The molecule has 0 aliphatic carbocycles. The number of hydrogen-bond acceptors (Lipinski definition) is 4. The molecule has 0 bridgehead atoms. The molecule has 1 atom stereocenters. The first-order chi connectivity index (χ1) is 11.7. The fourth-order valence-electron chi connectivity index (χ4n) is 2.93. The molecule has 0 fully saturated rings. The largest absolute Gasteiger partial charge is 0.468 e. The number of nitrogens with one attached hydrogen (secondary N) is 1. The summed E-state index contributed by atoms with van der Waals surface area (Å²) in [5.41, 5.74) is 4.28. The second-order valence-corrected chi connectivity index (χ2v) is 7.92. The standard InChI is InChI=1S/C19H23NO4S/c1-12-6-8-16(9-7-12)25(22,23)20-18(19(21)24-5)17-14(3)10-13(2)11-15(17)4/h6-11,18,20H,1-5H3. The number of hydrogen-bond donors (Lipinski definition) is 1. The molecule has 0 amide bonds. The van der Waals surface area contributed by atoms with Gasteiger partial charge in [-0.15, -0.1) is 0 Å². The maximum absolute atomic E-state index is 12.7. The van der Waals surface area contributed by atoms with Gasteiger partial charge in [-0.2, -0.15) is 4.72 Å². The van der Waals surface area contributed by atoms with Crippen molar-refractivity contribution in [2.45, 2.75) is 38.6 Å². The quantitative estimate of drug-likeness (QED) is 0.831. The summed E-state index contributed by atoms with van der Waals surface area (Å²) in [7, 11) is -2.63. The first-order valence-electron chi connectivity index (χ1n) is 7.90. The molecule has 0 aliphatic rings. The highest BCUT2D eigenvalue weighted by molar-refractivity contribution is 7.89. The molecule has 2 aromatic rings. The fourth-order valence-corrected chi connectivity index (χ4v) is 4.08. The Morgan fingerprint density at radius 3 is 1.96 bits per heavy atom. The van der Waals surface area contributed by atoms with Gasteiger partial charge in [0.15, 0.2) is 0 Å². The molecule has 2 aromatic carbocycles. The van der Waals surface area contributed by atoms with Crippen LogP contribution in [0.25, 0.3) is 0 Å². The van der Waals surface area contributed by atoms with Crippen molar-refractivity contribution in [3.8, 4) is 0 Å². The minimum atomic E-state index is -3.87. The molecule has 0 saturated carbocycles. The van der Waals surface area contributed by atoms with Crippen molar-refractivity contribution in [3.63, 3.8) is 0 Å². The van der Waals surface area contributed by atoms with Crippen LogP contribution in [0.3, 0.4) is 0 Å². The van der Waals surface area contributed by atoms with Crippen LogP contribution < -0.4 is 4.72 Å². The van der Waals surface area contributed by atoms with E-state index in [9.17, 15) is 13.2 Å². The summed E-state index contributed by atoms with van der Waals surface area (Å²) in [6, 6.07) is 9.18. The highest BCUT2D eigenvalue weighted by atomic mass is 32.2. The molecule has 0 spiro atoms. The van der Waals surface area contributed by atoms with Gasteiger partial charge in [0.05, 0.1) is 12.0 Å². The fraction of sp³-hybridized carbons (Fsp3) is 0.316. The van der Waals surface area contributed by atoms with E-state index in [-0.39, 0.29) is 4.90 Å². The van der Waals surface area contributed by atoms with Crippen molar-refractivity contribution in [1.29, 1.82) is 0 Å². The van der Waals surface area contributed by atoms with Crippen molar-refractivity contribution in [2.75, 3.05) is 7.11 Å². The van der Waals surface area contributed by atoms with Gasteiger partial charge in [0.2, 0.25) is 10.0 Å². The minimum absolute atomic E-state index is 0.106. The third-order valence-electron chi connectivity index (χ3n) is 4.07. The van der Waals surface area contributed by atoms with E-state index in [1.807, 2.05) is 39.8 Å². The number of carbonyl (C=O) groups is 1. The maximum atomic E-state index is 12.7. The van der Waals surface area contributed by atoms with Crippen LogP contribution in [0.2, 0.25) is 0 Å². The van der Waals surface area contributed by atoms with Crippen molar-refractivity contribution < 1.29 is 17.9 Å². The second-order valence-electron chi connectivity index (χ2n) is 6.20. The zero-order valence-electron chi connectivity index (χ0n) is 15.1. The predicted octanol–water partition coefficient (Wildman–Crippen LogP) is 3.11. The van der Waals surface area contributed by atoms with Gasteiger partial charge >= 0.3 is 5.97 Å². The summed E-state index contributed by atoms with van der Waals surface area (Å²) in [6.45, 7) is 7.53. The molecular weight excluding hydrogens is 338 g/mol. The van der Waals surface area contributed by atoms with Gasteiger partial charge in [-0.25, -0.2) is 13.2 Å². The maximum Gasteiger partial charge on any atom is 0.328 e. The molecule has 0 saturated heterocycles. The van der Waals surface area contributed by atoms with Crippen molar-refractivity contribution in [3.05, 3.63) is 64.2 Å². The predicted molar refractivity (Wildman–Crippen MR) is 96.9 cm³/mol. The number of benzene rings is 2. The lowest BCUT2D eigenvalue weighted by atomic mass is 9.94. The van der Waals surface area contributed by atoms with Gasteiger partial charge in [0.25, 0.3) is 0 Å². The molecule has 1 unspecified atom stereocenters. The Morgan fingerprint density at radius 2 is 1.48 bits per heavy atom. The Morgan fingerprint density at radius 1 is 0.960 bits per heavy atom. The van der Waals surface area contributed by atoms with Gasteiger partial charge < -0.3 is 4.74 Å². The third-order valence-corrected chi connectivity index (χ3v) is 5.51. The lowest BCUT2D eigenvalue weighted by Gasteiger charge is -2.21.